The van der Waals surface area contributed by atoms with E-state index in [-0.39, 0.29) is 0 Å². The number of amidine groups is 1. The molecule has 2 aliphatic heterocycles. The molecule has 2 heterocycles. The van der Waals surface area contributed by atoms with Crippen molar-refractivity contribution in [2.75, 3.05) is 13.2 Å². The van der Waals surface area contributed by atoms with Crippen LogP contribution in [0, 0.1) is 0 Å². The van der Waals surface area contributed by atoms with Gasteiger partial charge in [0, 0.05) is 11.1 Å². The zero-order valence-corrected chi connectivity index (χ0v) is 8.58. The van der Waals surface area contributed by atoms with Gasteiger partial charge in [-0.05, 0) is 19.1 Å². The van der Waals surface area contributed by atoms with Crippen LogP contribution >= 0.6 is 0 Å². The van der Waals surface area contributed by atoms with E-state index in [1.54, 1.807) is 0 Å². The second-order valence-electron chi connectivity index (χ2n) is 3.79. The minimum Gasteiger partial charge on any atom is -0.488 e. The van der Waals surface area contributed by atoms with Crippen LogP contribution in [0.2, 0.25) is 0 Å². The molecule has 0 atom stereocenters. The van der Waals surface area contributed by atoms with E-state index >= 15 is 0 Å². The summed E-state index contributed by atoms with van der Waals surface area (Å²) in [5.74, 6) is 1.93. The van der Waals surface area contributed by atoms with Crippen molar-refractivity contribution in [3.63, 3.8) is 0 Å². The van der Waals surface area contributed by atoms with Crippen LogP contribution in [-0.4, -0.2) is 19.0 Å². The highest BCUT2D eigenvalue weighted by atomic mass is 16.5. The van der Waals surface area contributed by atoms with Crippen LogP contribution < -0.4 is 10.1 Å². The first-order valence-electron chi connectivity index (χ1n) is 5.07. The van der Waals surface area contributed by atoms with Gasteiger partial charge < -0.3 is 10.1 Å². The first-order chi connectivity index (χ1) is 7.34. The number of fused-ring (bicyclic) bond motifs is 2. The molecule has 1 N–H and O–H groups in total. The van der Waals surface area contributed by atoms with Crippen molar-refractivity contribution in [2.45, 2.75) is 6.92 Å². The Bertz CT molecular complexity index is 474. The van der Waals surface area contributed by atoms with Crippen LogP contribution in [0.4, 0.5) is 0 Å². The summed E-state index contributed by atoms with van der Waals surface area (Å²) < 4.78 is 5.66. The molecule has 0 aliphatic carbocycles. The van der Waals surface area contributed by atoms with E-state index in [1.165, 1.54) is 11.3 Å². The van der Waals surface area contributed by atoms with Crippen LogP contribution in [0.1, 0.15) is 12.5 Å². The summed E-state index contributed by atoms with van der Waals surface area (Å²) in [5, 5.41) is 3.32. The van der Waals surface area contributed by atoms with Crippen LogP contribution in [0.15, 0.2) is 34.8 Å². The van der Waals surface area contributed by atoms with Crippen LogP contribution in [-0.2, 0) is 0 Å². The summed E-state index contributed by atoms with van der Waals surface area (Å²) in [6.45, 7) is 3.39. The van der Waals surface area contributed by atoms with Crippen molar-refractivity contribution < 1.29 is 4.74 Å². The Balaban J connectivity index is 2.10. The molecular weight excluding hydrogens is 188 g/mol. The van der Waals surface area contributed by atoms with E-state index in [2.05, 4.69) is 16.4 Å². The topological polar surface area (TPSA) is 33.6 Å². The summed E-state index contributed by atoms with van der Waals surface area (Å²) >= 11 is 0. The lowest BCUT2D eigenvalue weighted by molar-refractivity contribution is 0.342. The average molecular weight is 200 g/mol. The van der Waals surface area contributed by atoms with Crippen molar-refractivity contribution in [1.82, 2.24) is 5.32 Å². The normalized spacial score (nSPS) is 18.3. The second-order valence-corrected chi connectivity index (χ2v) is 3.79. The van der Waals surface area contributed by atoms with E-state index < -0.39 is 0 Å². The fourth-order valence-electron chi connectivity index (χ4n) is 1.94. The van der Waals surface area contributed by atoms with Gasteiger partial charge >= 0.3 is 0 Å². The van der Waals surface area contributed by atoms with E-state index in [0.717, 1.165) is 23.7 Å². The molecule has 3 rings (SSSR count). The number of aliphatic imine (C=N–C) groups is 1. The van der Waals surface area contributed by atoms with Crippen LogP contribution in [0.3, 0.4) is 0 Å². The molecule has 0 aromatic heterocycles. The summed E-state index contributed by atoms with van der Waals surface area (Å²) in [6, 6.07) is 8.10. The SMILES string of the molecule is CC1=NCC2=C(N1)c1ccccc1OC2. The monoisotopic (exact) mass is 200 g/mol. The minimum atomic E-state index is 0.649. The Kier molecular flexibility index (Phi) is 1.78. The van der Waals surface area contributed by atoms with E-state index in [1.807, 2.05) is 25.1 Å². The van der Waals surface area contributed by atoms with Crippen molar-refractivity contribution in [3.8, 4) is 5.75 Å². The average Bonchev–Trinajstić information content (AvgIpc) is 2.29. The lowest BCUT2D eigenvalue weighted by Gasteiger charge is -2.27. The molecule has 0 saturated carbocycles. The first-order valence-corrected chi connectivity index (χ1v) is 5.07. The predicted octanol–water partition coefficient (Wildman–Crippen LogP) is 1.81. The van der Waals surface area contributed by atoms with E-state index in [4.69, 9.17) is 4.74 Å². The molecule has 0 saturated heterocycles. The molecule has 3 nitrogen and oxygen atoms in total. The van der Waals surface area contributed by atoms with Gasteiger partial charge in [-0.25, -0.2) is 0 Å². The second kappa shape index (κ2) is 3.12. The van der Waals surface area contributed by atoms with Gasteiger partial charge in [0.2, 0.25) is 0 Å². The summed E-state index contributed by atoms with van der Waals surface area (Å²) in [4.78, 5) is 4.35. The van der Waals surface area contributed by atoms with Crippen molar-refractivity contribution in [2.24, 2.45) is 4.99 Å². The summed E-state index contributed by atoms with van der Waals surface area (Å²) in [7, 11) is 0. The van der Waals surface area contributed by atoms with Crippen molar-refractivity contribution in [1.29, 1.82) is 0 Å². The van der Waals surface area contributed by atoms with Crippen molar-refractivity contribution in [3.05, 3.63) is 35.4 Å². The molecule has 0 radical (unpaired) electrons. The third-order valence-electron chi connectivity index (χ3n) is 2.72. The first kappa shape index (κ1) is 8.53. The molecule has 0 spiro atoms. The molecule has 1 aromatic rings. The Hall–Kier alpha value is -1.77. The smallest absolute Gasteiger partial charge is 0.129 e. The van der Waals surface area contributed by atoms with E-state index in [9.17, 15) is 0 Å². The maximum atomic E-state index is 5.66. The van der Waals surface area contributed by atoms with Gasteiger partial charge in [-0.15, -0.1) is 0 Å². The molecule has 2 aliphatic rings. The van der Waals surface area contributed by atoms with Gasteiger partial charge in [0.05, 0.1) is 18.1 Å². The van der Waals surface area contributed by atoms with Gasteiger partial charge in [-0.2, -0.15) is 0 Å². The number of benzene rings is 1. The molecule has 76 valence electrons. The third kappa shape index (κ3) is 1.31. The lowest BCUT2D eigenvalue weighted by atomic mass is 10.0. The Morgan fingerprint density at radius 1 is 1.33 bits per heavy atom. The highest BCUT2D eigenvalue weighted by Crippen LogP contribution is 2.32. The number of nitrogens with one attached hydrogen (secondary N) is 1. The number of rotatable bonds is 0. The maximum Gasteiger partial charge on any atom is 0.129 e. The van der Waals surface area contributed by atoms with Gasteiger partial charge in [-0.1, -0.05) is 12.1 Å². The summed E-state index contributed by atoms with van der Waals surface area (Å²) in [5.41, 5.74) is 3.57. The molecule has 0 bridgehead atoms. The number of ether oxygens (including phenoxy) is 1. The fourth-order valence-corrected chi connectivity index (χ4v) is 1.94. The maximum absolute atomic E-state index is 5.66. The van der Waals surface area contributed by atoms with Gasteiger partial charge in [0.1, 0.15) is 12.4 Å². The van der Waals surface area contributed by atoms with Crippen LogP contribution in [0.25, 0.3) is 5.70 Å². The van der Waals surface area contributed by atoms with E-state index in [0.29, 0.717) is 6.61 Å². The highest BCUT2D eigenvalue weighted by molar-refractivity contribution is 5.93. The zero-order chi connectivity index (χ0) is 10.3. The van der Waals surface area contributed by atoms with Gasteiger partial charge in [-0.3, -0.25) is 4.99 Å². The number of hydrogen-bond donors (Lipinski definition) is 1. The molecule has 3 heteroatoms. The molecule has 0 unspecified atom stereocenters. The van der Waals surface area contributed by atoms with Crippen LogP contribution in [0.5, 0.6) is 5.75 Å². The zero-order valence-electron chi connectivity index (χ0n) is 8.58. The standard InChI is InChI=1S/C12H12N2O/c1-8-13-6-9-7-15-11-5-3-2-4-10(11)12(9)14-8/h2-5H,6-7H2,1H3,(H,13,14). The molecule has 1 aromatic carbocycles. The third-order valence-corrected chi connectivity index (χ3v) is 2.72. The highest BCUT2D eigenvalue weighted by Gasteiger charge is 2.22. The Morgan fingerprint density at radius 2 is 2.20 bits per heavy atom. The van der Waals surface area contributed by atoms with Gasteiger partial charge in [0.15, 0.2) is 0 Å². The molecule has 15 heavy (non-hydrogen) atoms. The largest absolute Gasteiger partial charge is 0.488 e. The lowest BCUT2D eigenvalue weighted by Crippen LogP contribution is -2.29. The minimum absolute atomic E-state index is 0.649. The fraction of sp³-hybridized carbons (Fsp3) is 0.250. The molecular formula is C12H12N2O. The summed E-state index contributed by atoms with van der Waals surface area (Å²) in [6.07, 6.45) is 0. The molecule has 0 amide bonds. The van der Waals surface area contributed by atoms with Crippen molar-refractivity contribution >= 4 is 11.5 Å². The predicted molar refractivity (Wildman–Crippen MR) is 60.0 cm³/mol. The number of nitrogens with zero attached hydrogens (tertiary/aromatic N) is 1. The number of para-hydroxylation sites is 1. The van der Waals surface area contributed by atoms with Gasteiger partial charge in [0.25, 0.3) is 0 Å². The Morgan fingerprint density at radius 3 is 3.13 bits per heavy atom. The molecule has 0 fully saturated rings. The quantitative estimate of drug-likeness (QED) is 0.693. The number of hydrogen-bond acceptors (Lipinski definition) is 3. The Labute approximate surface area is 88.5 Å².